The molecule has 1 fully saturated rings. The number of halogens is 1. The van der Waals surface area contributed by atoms with E-state index in [1.54, 1.807) is 19.4 Å². The fraction of sp³-hybridized carbons (Fsp3) is 0.391. The summed E-state index contributed by atoms with van der Waals surface area (Å²) in [6.07, 6.45) is 4.13. The summed E-state index contributed by atoms with van der Waals surface area (Å²) in [4.78, 5) is 19.0. The van der Waals surface area contributed by atoms with Crippen molar-refractivity contribution in [1.82, 2.24) is 4.90 Å². The van der Waals surface area contributed by atoms with Crippen molar-refractivity contribution in [2.45, 2.75) is 26.7 Å². The number of nitrogens with zero attached hydrogens (tertiary/aromatic N) is 2. The van der Waals surface area contributed by atoms with Gasteiger partial charge in [-0.2, -0.15) is 0 Å². The highest BCUT2D eigenvalue weighted by molar-refractivity contribution is 5.85. The number of aryl methyl sites for hydroxylation is 1. The molecule has 156 valence electrons. The Morgan fingerprint density at radius 3 is 2.66 bits per heavy atom. The standard InChI is InChI=1S/C23H28N2O3.ClH/c1-17-6-9-20(10-7-17)24-14-19-8-11-21(22(13-19)27-3)28-23(26)16-25-12-4-5-18(2)15-25;/h6-11,13-14,18H,4-5,12,15-16H2,1-3H3;1H. The van der Waals surface area contributed by atoms with E-state index in [1.807, 2.05) is 43.3 Å². The fourth-order valence-electron chi connectivity index (χ4n) is 3.40. The van der Waals surface area contributed by atoms with Crippen LogP contribution in [0.2, 0.25) is 0 Å². The van der Waals surface area contributed by atoms with Gasteiger partial charge in [0.25, 0.3) is 0 Å². The minimum absolute atomic E-state index is 0. The number of carbonyl (C=O) groups is 1. The van der Waals surface area contributed by atoms with Gasteiger partial charge >= 0.3 is 5.97 Å². The summed E-state index contributed by atoms with van der Waals surface area (Å²) in [6.45, 7) is 6.47. The summed E-state index contributed by atoms with van der Waals surface area (Å²) in [6, 6.07) is 13.4. The van der Waals surface area contributed by atoms with Gasteiger partial charge in [0.15, 0.2) is 11.5 Å². The first-order chi connectivity index (χ1) is 13.5. The Hall–Kier alpha value is -2.37. The van der Waals surface area contributed by atoms with Gasteiger partial charge in [0.1, 0.15) is 0 Å². The third-order valence-electron chi connectivity index (χ3n) is 4.90. The quantitative estimate of drug-likeness (QED) is 0.385. The smallest absolute Gasteiger partial charge is 0.325 e. The van der Waals surface area contributed by atoms with Crippen molar-refractivity contribution >= 4 is 30.3 Å². The van der Waals surface area contributed by atoms with E-state index in [1.165, 1.54) is 12.0 Å². The molecule has 1 aliphatic heterocycles. The topological polar surface area (TPSA) is 51.1 Å². The minimum Gasteiger partial charge on any atom is -0.493 e. The molecule has 0 spiro atoms. The van der Waals surface area contributed by atoms with Gasteiger partial charge in [-0.25, -0.2) is 0 Å². The molecule has 6 heteroatoms. The number of benzene rings is 2. The first-order valence-electron chi connectivity index (χ1n) is 9.75. The van der Waals surface area contributed by atoms with Crippen LogP contribution >= 0.6 is 12.4 Å². The zero-order valence-electron chi connectivity index (χ0n) is 17.3. The summed E-state index contributed by atoms with van der Waals surface area (Å²) in [5.74, 6) is 1.33. The van der Waals surface area contributed by atoms with E-state index in [9.17, 15) is 4.79 Å². The summed E-state index contributed by atoms with van der Waals surface area (Å²) in [5, 5.41) is 0. The van der Waals surface area contributed by atoms with Crippen LogP contribution < -0.4 is 9.47 Å². The highest BCUT2D eigenvalue weighted by Gasteiger charge is 2.20. The van der Waals surface area contributed by atoms with Crippen LogP contribution in [0.5, 0.6) is 11.5 Å². The maximum Gasteiger partial charge on any atom is 0.325 e. The molecule has 1 unspecified atom stereocenters. The Morgan fingerprint density at radius 2 is 1.97 bits per heavy atom. The van der Waals surface area contributed by atoms with Crippen molar-refractivity contribution in [3.05, 3.63) is 53.6 Å². The number of hydrogen-bond acceptors (Lipinski definition) is 5. The molecule has 1 aliphatic rings. The SMILES string of the molecule is COc1cc(C=Nc2ccc(C)cc2)ccc1OC(=O)CN1CCCC(C)C1.Cl. The van der Waals surface area contributed by atoms with Gasteiger partial charge in [-0.3, -0.25) is 14.7 Å². The van der Waals surface area contributed by atoms with Gasteiger partial charge in [-0.1, -0.05) is 24.6 Å². The largest absolute Gasteiger partial charge is 0.493 e. The van der Waals surface area contributed by atoms with Crippen LogP contribution in [0.3, 0.4) is 0 Å². The van der Waals surface area contributed by atoms with Crippen molar-refractivity contribution in [2.75, 3.05) is 26.7 Å². The average Bonchev–Trinajstić information content (AvgIpc) is 2.68. The summed E-state index contributed by atoms with van der Waals surface area (Å²) in [7, 11) is 1.57. The predicted octanol–water partition coefficient (Wildman–Crippen LogP) is 4.81. The molecule has 2 aromatic rings. The molecule has 29 heavy (non-hydrogen) atoms. The van der Waals surface area contributed by atoms with Gasteiger partial charge in [-0.15, -0.1) is 12.4 Å². The van der Waals surface area contributed by atoms with Crippen LogP contribution in [0.4, 0.5) is 5.69 Å². The Labute approximate surface area is 179 Å². The molecule has 0 amide bonds. The number of hydrogen-bond donors (Lipinski definition) is 0. The van der Waals surface area contributed by atoms with Crippen LogP contribution in [0.15, 0.2) is 47.5 Å². The lowest BCUT2D eigenvalue weighted by molar-refractivity contribution is -0.136. The van der Waals surface area contributed by atoms with Crippen LogP contribution in [0.25, 0.3) is 0 Å². The third kappa shape index (κ3) is 6.87. The molecule has 0 N–H and O–H groups in total. The summed E-state index contributed by atoms with van der Waals surface area (Å²) >= 11 is 0. The number of likely N-dealkylation sites (tertiary alicyclic amines) is 1. The van der Waals surface area contributed by atoms with E-state index in [4.69, 9.17) is 9.47 Å². The first-order valence-corrected chi connectivity index (χ1v) is 9.75. The van der Waals surface area contributed by atoms with E-state index in [0.29, 0.717) is 24.0 Å². The van der Waals surface area contributed by atoms with Gasteiger partial charge < -0.3 is 9.47 Å². The minimum atomic E-state index is -0.256. The second kappa shape index (κ2) is 11.0. The Bertz CT molecular complexity index is 837. The summed E-state index contributed by atoms with van der Waals surface area (Å²) < 4.78 is 11.0. The Morgan fingerprint density at radius 1 is 1.21 bits per heavy atom. The second-order valence-electron chi connectivity index (χ2n) is 7.46. The number of ether oxygens (including phenoxy) is 2. The highest BCUT2D eigenvalue weighted by atomic mass is 35.5. The lowest BCUT2D eigenvalue weighted by Gasteiger charge is -2.29. The van der Waals surface area contributed by atoms with Crippen LogP contribution in [-0.2, 0) is 4.79 Å². The van der Waals surface area contributed by atoms with Crippen molar-refractivity contribution < 1.29 is 14.3 Å². The first kappa shape index (κ1) is 22.9. The Kier molecular flexibility index (Phi) is 8.68. The number of esters is 1. The van der Waals surface area contributed by atoms with Crippen molar-refractivity contribution in [1.29, 1.82) is 0 Å². The molecule has 1 atom stereocenters. The maximum atomic E-state index is 12.3. The van der Waals surface area contributed by atoms with Gasteiger partial charge in [0.2, 0.25) is 0 Å². The average molecular weight is 417 g/mol. The molecular weight excluding hydrogens is 388 g/mol. The number of rotatable bonds is 6. The molecule has 0 aliphatic carbocycles. The van der Waals surface area contributed by atoms with Gasteiger partial charge in [0.05, 0.1) is 19.3 Å². The zero-order chi connectivity index (χ0) is 19.9. The normalized spacial score (nSPS) is 17.0. The third-order valence-corrected chi connectivity index (χ3v) is 4.90. The maximum absolute atomic E-state index is 12.3. The summed E-state index contributed by atoms with van der Waals surface area (Å²) in [5.41, 5.74) is 2.96. The number of carbonyl (C=O) groups excluding carboxylic acids is 1. The van der Waals surface area contributed by atoms with Crippen LogP contribution in [0.1, 0.15) is 30.9 Å². The lowest BCUT2D eigenvalue weighted by atomic mass is 10.0. The molecule has 5 nitrogen and oxygen atoms in total. The lowest BCUT2D eigenvalue weighted by Crippen LogP contribution is -2.39. The van der Waals surface area contributed by atoms with E-state index >= 15 is 0 Å². The Balaban J connectivity index is 0.00000300. The molecule has 1 saturated heterocycles. The van der Waals surface area contributed by atoms with E-state index in [2.05, 4.69) is 16.8 Å². The highest BCUT2D eigenvalue weighted by Crippen LogP contribution is 2.28. The van der Waals surface area contributed by atoms with E-state index in [0.717, 1.165) is 30.8 Å². The van der Waals surface area contributed by atoms with Crippen molar-refractivity contribution in [3.63, 3.8) is 0 Å². The monoisotopic (exact) mass is 416 g/mol. The van der Waals surface area contributed by atoms with E-state index < -0.39 is 0 Å². The number of piperidine rings is 1. The molecule has 0 bridgehead atoms. The number of methoxy groups -OCH3 is 1. The predicted molar refractivity (Wildman–Crippen MR) is 119 cm³/mol. The number of aliphatic imine (C=N–C) groups is 1. The molecule has 0 radical (unpaired) electrons. The zero-order valence-corrected chi connectivity index (χ0v) is 18.1. The van der Waals surface area contributed by atoms with Crippen molar-refractivity contribution in [3.8, 4) is 11.5 Å². The molecule has 0 aromatic heterocycles. The van der Waals surface area contributed by atoms with Gasteiger partial charge in [-0.05, 0) is 68.1 Å². The van der Waals surface area contributed by atoms with Crippen LogP contribution in [0, 0.1) is 12.8 Å². The van der Waals surface area contributed by atoms with E-state index in [-0.39, 0.29) is 18.4 Å². The second-order valence-corrected chi connectivity index (χ2v) is 7.46. The molecule has 2 aromatic carbocycles. The fourth-order valence-corrected chi connectivity index (χ4v) is 3.40. The molecule has 3 rings (SSSR count). The molecule has 0 saturated carbocycles. The molecule has 1 heterocycles. The van der Waals surface area contributed by atoms with Gasteiger partial charge in [0, 0.05) is 12.8 Å². The molecular formula is C23H29ClN2O3. The van der Waals surface area contributed by atoms with Crippen LogP contribution in [-0.4, -0.2) is 43.8 Å². The van der Waals surface area contributed by atoms with Crippen molar-refractivity contribution in [2.24, 2.45) is 10.9 Å².